The van der Waals surface area contributed by atoms with Crippen molar-refractivity contribution < 1.29 is 5.11 Å². The predicted octanol–water partition coefficient (Wildman–Crippen LogP) is 0.789. The van der Waals surface area contributed by atoms with Crippen LogP contribution in [-0.2, 0) is 0 Å². The molecule has 0 aromatic carbocycles. The summed E-state index contributed by atoms with van der Waals surface area (Å²) in [6, 6.07) is 0. The fourth-order valence-electron chi connectivity index (χ4n) is 2.27. The van der Waals surface area contributed by atoms with Crippen LogP contribution in [0.25, 0.3) is 0 Å². The van der Waals surface area contributed by atoms with Gasteiger partial charge in [0.1, 0.15) is 0 Å². The van der Waals surface area contributed by atoms with Crippen LogP contribution in [0.15, 0.2) is 0 Å². The van der Waals surface area contributed by atoms with Gasteiger partial charge < -0.3 is 10.4 Å². The highest BCUT2D eigenvalue weighted by atomic mass is 35.5. The number of halogens is 1. The second kappa shape index (κ2) is 3.74. The molecule has 0 radical (unpaired) electrons. The van der Waals surface area contributed by atoms with Crippen LogP contribution in [-0.4, -0.2) is 24.3 Å². The maximum Gasteiger partial charge on any atom is 0.0543 e. The first-order valence-corrected chi connectivity index (χ1v) is 4.25. The van der Waals surface area contributed by atoms with E-state index in [-0.39, 0.29) is 18.5 Å². The summed E-state index contributed by atoms with van der Waals surface area (Å²) in [7, 11) is 0. The Balaban J connectivity index is 0.000000605. The van der Waals surface area contributed by atoms with E-state index in [0.717, 1.165) is 31.2 Å². The van der Waals surface area contributed by atoms with Crippen LogP contribution in [0.1, 0.15) is 19.3 Å². The molecule has 66 valence electrons. The molecule has 2 aliphatic rings. The second-order valence-corrected chi connectivity index (χ2v) is 3.65. The molecular weight excluding hydrogens is 162 g/mol. The highest BCUT2D eigenvalue weighted by Crippen LogP contribution is 2.32. The van der Waals surface area contributed by atoms with Crippen molar-refractivity contribution in [1.29, 1.82) is 0 Å². The van der Waals surface area contributed by atoms with Crippen molar-refractivity contribution in [2.45, 2.75) is 25.4 Å². The van der Waals surface area contributed by atoms with Crippen molar-refractivity contribution in [3.8, 4) is 0 Å². The first-order chi connectivity index (χ1) is 4.86. The molecule has 3 atom stereocenters. The highest BCUT2D eigenvalue weighted by molar-refractivity contribution is 5.85. The molecule has 1 saturated heterocycles. The third kappa shape index (κ3) is 1.86. The minimum absolute atomic E-state index is 0. The van der Waals surface area contributed by atoms with Gasteiger partial charge in [0.2, 0.25) is 0 Å². The zero-order chi connectivity index (χ0) is 6.97. The van der Waals surface area contributed by atoms with Crippen LogP contribution in [0.4, 0.5) is 0 Å². The van der Waals surface area contributed by atoms with E-state index >= 15 is 0 Å². The molecule has 2 N–H and O–H groups in total. The fourth-order valence-corrected chi connectivity index (χ4v) is 2.27. The summed E-state index contributed by atoms with van der Waals surface area (Å²) in [6.07, 6.45) is 3.31. The molecule has 2 rings (SSSR count). The summed E-state index contributed by atoms with van der Waals surface area (Å²) in [6.45, 7) is 2.33. The Hall–Kier alpha value is 0.210. The average molecular weight is 178 g/mol. The number of hydrogen-bond acceptors (Lipinski definition) is 2. The fraction of sp³-hybridized carbons (Fsp3) is 1.00. The molecule has 1 aliphatic carbocycles. The Kier molecular flexibility index (Phi) is 3.16. The normalized spacial score (nSPS) is 42.8. The van der Waals surface area contributed by atoms with E-state index in [2.05, 4.69) is 5.32 Å². The Bertz CT molecular complexity index is 131. The van der Waals surface area contributed by atoms with E-state index in [4.69, 9.17) is 0 Å². The lowest BCUT2D eigenvalue weighted by Gasteiger charge is -2.27. The van der Waals surface area contributed by atoms with Gasteiger partial charge in [-0.05, 0) is 44.2 Å². The van der Waals surface area contributed by atoms with E-state index in [9.17, 15) is 5.11 Å². The molecular formula is C8H16ClNO. The second-order valence-electron chi connectivity index (χ2n) is 3.65. The molecule has 1 aliphatic heterocycles. The molecule has 0 unspecified atom stereocenters. The van der Waals surface area contributed by atoms with Gasteiger partial charge in [-0.25, -0.2) is 0 Å². The van der Waals surface area contributed by atoms with Crippen LogP contribution in [0.2, 0.25) is 0 Å². The van der Waals surface area contributed by atoms with Crippen LogP contribution < -0.4 is 5.32 Å². The molecule has 11 heavy (non-hydrogen) atoms. The lowest BCUT2D eigenvalue weighted by atomic mass is 9.80. The summed E-state index contributed by atoms with van der Waals surface area (Å²) in [5, 5.41) is 12.7. The van der Waals surface area contributed by atoms with Gasteiger partial charge >= 0.3 is 0 Å². The van der Waals surface area contributed by atoms with Gasteiger partial charge in [0.25, 0.3) is 0 Å². The van der Waals surface area contributed by atoms with Crippen molar-refractivity contribution in [2.75, 3.05) is 13.1 Å². The van der Waals surface area contributed by atoms with Crippen molar-refractivity contribution >= 4 is 12.4 Å². The molecule has 2 nitrogen and oxygen atoms in total. The van der Waals surface area contributed by atoms with Gasteiger partial charge in [0.05, 0.1) is 6.10 Å². The largest absolute Gasteiger partial charge is 0.393 e. The highest BCUT2D eigenvalue weighted by Gasteiger charge is 2.32. The van der Waals surface area contributed by atoms with Gasteiger partial charge in [-0.15, -0.1) is 12.4 Å². The Morgan fingerprint density at radius 3 is 2.64 bits per heavy atom. The molecule has 2 fully saturated rings. The van der Waals surface area contributed by atoms with Crippen LogP contribution in [0, 0.1) is 11.8 Å². The molecule has 1 saturated carbocycles. The van der Waals surface area contributed by atoms with Crippen molar-refractivity contribution in [3.05, 3.63) is 0 Å². The van der Waals surface area contributed by atoms with Crippen LogP contribution >= 0.6 is 12.4 Å². The lowest BCUT2D eigenvalue weighted by Crippen LogP contribution is -2.26. The first kappa shape index (κ1) is 9.30. The van der Waals surface area contributed by atoms with Crippen molar-refractivity contribution in [3.63, 3.8) is 0 Å². The smallest absolute Gasteiger partial charge is 0.0543 e. The molecule has 1 heterocycles. The van der Waals surface area contributed by atoms with Gasteiger partial charge in [-0.3, -0.25) is 0 Å². The number of aliphatic hydroxyl groups is 1. The zero-order valence-electron chi connectivity index (χ0n) is 6.62. The SMILES string of the molecule is Cl.O[C@@H]1CC[C@@H]2CNC[C@@H]2C1. The molecule has 0 spiro atoms. The summed E-state index contributed by atoms with van der Waals surface area (Å²) in [5.74, 6) is 1.66. The Morgan fingerprint density at radius 1 is 1.09 bits per heavy atom. The van der Waals surface area contributed by atoms with E-state index in [1.807, 2.05) is 0 Å². The Morgan fingerprint density at radius 2 is 1.82 bits per heavy atom. The number of fused-ring (bicyclic) bond motifs is 1. The molecule has 0 aromatic heterocycles. The summed E-state index contributed by atoms with van der Waals surface area (Å²) in [4.78, 5) is 0. The molecule has 0 aromatic rings. The van der Waals surface area contributed by atoms with Gasteiger partial charge in [0.15, 0.2) is 0 Å². The van der Waals surface area contributed by atoms with Gasteiger partial charge in [0, 0.05) is 0 Å². The zero-order valence-corrected chi connectivity index (χ0v) is 7.44. The molecule has 0 amide bonds. The topological polar surface area (TPSA) is 32.3 Å². The maximum atomic E-state index is 9.33. The minimum atomic E-state index is 0. The Labute approximate surface area is 73.8 Å². The lowest BCUT2D eigenvalue weighted by molar-refractivity contribution is 0.0867. The molecule has 3 heteroatoms. The van der Waals surface area contributed by atoms with Gasteiger partial charge in [-0.1, -0.05) is 0 Å². The van der Waals surface area contributed by atoms with Gasteiger partial charge in [-0.2, -0.15) is 0 Å². The first-order valence-electron chi connectivity index (χ1n) is 4.25. The van der Waals surface area contributed by atoms with E-state index in [0.29, 0.717) is 0 Å². The number of nitrogens with one attached hydrogen (secondary N) is 1. The van der Waals surface area contributed by atoms with Crippen molar-refractivity contribution in [2.24, 2.45) is 11.8 Å². The number of aliphatic hydroxyl groups excluding tert-OH is 1. The monoisotopic (exact) mass is 177 g/mol. The maximum absolute atomic E-state index is 9.33. The summed E-state index contributed by atoms with van der Waals surface area (Å²) < 4.78 is 0. The minimum Gasteiger partial charge on any atom is -0.393 e. The predicted molar refractivity (Wildman–Crippen MR) is 47.0 cm³/mol. The average Bonchev–Trinajstić information content (AvgIpc) is 2.33. The van der Waals surface area contributed by atoms with E-state index in [1.165, 1.54) is 13.0 Å². The van der Waals surface area contributed by atoms with E-state index < -0.39 is 0 Å². The van der Waals surface area contributed by atoms with Crippen molar-refractivity contribution in [1.82, 2.24) is 5.32 Å². The standard InChI is InChI=1S/C8H15NO.ClH/c10-8-2-1-6-4-9-5-7(6)3-8;/h6-10H,1-5H2;1H/t6-,7+,8-;/m1./s1. The third-order valence-corrected chi connectivity index (χ3v) is 2.93. The summed E-state index contributed by atoms with van der Waals surface area (Å²) >= 11 is 0. The summed E-state index contributed by atoms with van der Waals surface area (Å²) in [5.41, 5.74) is 0. The van der Waals surface area contributed by atoms with Crippen LogP contribution in [0.3, 0.4) is 0 Å². The quantitative estimate of drug-likeness (QED) is 0.574. The molecule has 0 bridgehead atoms. The number of hydrogen-bond donors (Lipinski definition) is 2. The van der Waals surface area contributed by atoms with Crippen LogP contribution in [0.5, 0.6) is 0 Å². The number of rotatable bonds is 0. The third-order valence-electron chi connectivity index (χ3n) is 2.93. The van der Waals surface area contributed by atoms with E-state index in [1.54, 1.807) is 0 Å².